The van der Waals surface area contributed by atoms with Crippen molar-refractivity contribution in [2.75, 3.05) is 0 Å². The Morgan fingerprint density at radius 2 is 1.83 bits per heavy atom. The number of aliphatic carboxylic acids is 1. The molecule has 0 bridgehead atoms. The van der Waals surface area contributed by atoms with E-state index in [2.05, 4.69) is 9.71 Å². The Hall–Kier alpha value is -2.46. The number of sulfonamides is 1. The third-order valence-electron chi connectivity index (χ3n) is 4.73. The number of aromatic nitrogens is 1. The highest BCUT2D eigenvalue weighted by molar-refractivity contribution is 7.89. The summed E-state index contributed by atoms with van der Waals surface area (Å²) in [6.07, 6.45) is 1.68. The predicted molar refractivity (Wildman–Crippen MR) is 116 cm³/mol. The lowest BCUT2D eigenvalue weighted by molar-refractivity contribution is -0.140. The van der Waals surface area contributed by atoms with Gasteiger partial charge < -0.3 is 9.52 Å². The molecule has 30 heavy (non-hydrogen) atoms. The minimum atomic E-state index is -4.04. The first kappa shape index (κ1) is 20.8. The molecular weight excluding hydrogens is 448 g/mol. The lowest BCUT2D eigenvalue weighted by atomic mass is 10.1. The number of carbonyl (C=O) groups is 1. The number of hydrogen-bond acceptors (Lipinski definition) is 6. The molecule has 7 nitrogen and oxygen atoms in total. The van der Waals surface area contributed by atoms with E-state index in [1.54, 1.807) is 26.1 Å². The van der Waals surface area contributed by atoms with Gasteiger partial charge in [0.25, 0.3) is 0 Å². The second kappa shape index (κ2) is 7.66. The van der Waals surface area contributed by atoms with E-state index in [1.807, 2.05) is 18.2 Å². The first-order valence-electron chi connectivity index (χ1n) is 8.99. The van der Waals surface area contributed by atoms with Gasteiger partial charge in [0.2, 0.25) is 10.0 Å². The third kappa shape index (κ3) is 3.81. The summed E-state index contributed by atoms with van der Waals surface area (Å²) in [5.74, 6) is -1.64. The SMILES string of the molecule is CC(C)[C@H](NS(=O)(=O)c1ccc2c(c1)oc1cc(-c3cnc(Cl)s3)ccc12)C(=O)O. The van der Waals surface area contributed by atoms with Gasteiger partial charge in [-0.05, 0) is 35.7 Å². The van der Waals surface area contributed by atoms with Gasteiger partial charge in [-0.2, -0.15) is 4.72 Å². The summed E-state index contributed by atoms with van der Waals surface area (Å²) in [5.41, 5.74) is 1.88. The molecule has 2 aromatic carbocycles. The van der Waals surface area contributed by atoms with Crippen LogP contribution in [0.5, 0.6) is 0 Å². The van der Waals surface area contributed by atoms with Crippen LogP contribution in [0.3, 0.4) is 0 Å². The topological polar surface area (TPSA) is 110 Å². The molecule has 4 aromatic rings. The first-order chi connectivity index (χ1) is 14.2. The van der Waals surface area contributed by atoms with Crippen LogP contribution in [0, 0.1) is 5.92 Å². The summed E-state index contributed by atoms with van der Waals surface area (Å²) in [6.45, 7) is 3.27. The third-order valence-corrected chi connectivity index (χ3v) is 7.33. The molecule has 2 aromatic heterocycles. The van der Waals surface area contributed by atoms with Gasteiger partial charge in [0.05, 0.1) is 9.77 Å². The van der Waals surface area contributed by atoms with Gasteiger partial charge in [0, 0.05) is 23.0 Å². The van der Waals surface area contributed by atoms with E-state index in [1.165, 1.54) is 23.5 Å². The van der Waals surface area contributed by atoms with E-state index < -0.39 is 28.0 Å². The Morgan fingerprint density at radius 1 is 1.17 bits per heavy atom. The van der Waals surface area contributed by atoms with Gasteiger partial charge in [0.15, 0.2) is 4.47 Å². The molecule has 0 radical (unpaired) electrons. The highest BCUT2D eigenvalue weighted by Gasteiger charge is 2.28. The van der Waals surface area contributed by atoms with Gasteiger partial charge in [-0.3, -0.25) is 4.79 Å². The number of nitrogens with one attached hydrogen (secondary N) is 1. The van der Waals surface area contributed by atoms with E-state index in [0.29, 0.717) is 15.6 Å². The fourth-order valence-corrected chi connectivity index (χ4v) is 5.46. The van der Waals surface area contributed by atoms with Gasteiger partial charge in [-0.25, -0.2) is 13.4 Å². The molecule has 4 rings (SSSR count). The molecule has 1 atom stereocenters. The number of nitrogens with zero attached hydrogens (tertiary/aromatic N) is 1. The standard InChI is InChI=1S/C20H17ClN2O5S2/c1-10(2)18(19(24)25)23-30(26,27)12-4-6-14-13-5-3-11(17-9-22-20(21)29-17)7-15(13)28-16(14)8-12/h3-10,18,23H,1-2H3,(H,24,25)/t18-/m0/s1. The van der Waals surface area contributed by atoms with Crippen LogP contribution < -0.4 is 4.72 Å². The smallest absolute Gasteiger partial charge is 0.322 e. The summed E-state index contributed by atoms with van der Waals surface area (Å²) in [6, 6.07) is 8.95. The molecule has 0 aliphatic carbocycles. The molecule has 0 spiro atoms. The molecule has 0 fully saturated rings. The highest BCUT2D eigenvalue weighted by atomic mass is 35.5. The molecule has 0 aliphatic heterocycles. The zero-order valence-electron chi connectivity index (χ0n) is 15.9. The van der Waals surface area contributed by atoms with E-state index in [-0.39, 0.29) is 4.90 Å². The van der Waals surface area contributed by atoms with Gasteiger partial charge in [0.1, 0.15) is 17.2 Å². The minimum Gasteiger partial charge on any atom is -0.480 e. The van der Waals surface area contributed by atoms with Gasteiger partial charge >= 0.3 is 5.97 Å². The Balaban J connectivity index is 1.75. The molecule has 10 heteroatoms. The van der Waals surface area contributed by atoms with Crippen LogP contribution in [0.15, 0.2) is 51.9 Å². The normalized spacial score (nSPS) is 13.3. The first-order valence-corrected chi connectivity index (χ1v) is 11.7. The molecule has 0 saturated carbocycles. The van der Waals surface area contributed by atoms with Gasteiger partial charge in [-0.1, -0.05) is 31.5 Å². The van der Waals surface area contributed by atoms with Gasteiger partial charge in [-0.15, -0.1) is 11.3 Å². The van der Waals surface area contributed by atoms with E-state index in [9.17, 15) is 18.3 Å². The van der Waals surface area contributed by atoms with Crippen molar-refractivity contribution in [3.63, 3.8) is 0 Å². The Bertz CT molecular complexity index is 1370. The number of hydrogen-bond donors (Lipinski definition) is 2. The number of fused-ring (bicyclic) bond motifs is 3. The van der Waals surface area contributed by atoms with Crippen molar-refractivity contribution in [3.05, 3.63) is 47.1 Å². The second-order valence-corrected chi connectivity index (χ2v) is 10.5. The number of carboxylic acids is 1. The summed E-state index contributed by atoms with van der Waals surface area (Å²) in [7, 11) is -4.04. The van der Waals surface area contributed by atoms with Crippen LogP contribution in [0.1, 0.15) is 13.8 Å². The maximum atomic E-state index is 12.7. The average molecular weight is 465 g/mol. The fourth-order valence-electron chi connectivity index (χ4n) is 3.17. The lowest BCUT2D eigenvalue weighted by Gasteiger charge is -2.17. The molecule has 0 aliphatic rings. The largest absolute Gasteiger partial charge is 0.480 e. The summed E-state index contributed by atoms with van der Waals surface area (Å²) < 4.78 is 34.0. The molecule has 156 valence electrons. The predicted octanol–water partition coefficient (Wildman–Crippen LogP) is 4.75. The van der Waals surface area contributed by atoms with Crippen molar-refractivity contribution >= 4 is 60.9 Å². The quantitative estimate of drug-likeness (QED) is 0.426. The number of halogens is 1. The molecular formula is C20H17ClN2O5S2. The Morgan fingerprint density at radius 3 is 2.43 bits per heavy atom. The van der Waals surface area contributed by atoms with Crippen LogP contribution in [0.4, 0.5) is 0 Å². The van der Waals surface area contributed by atoms with Crippen molar-refractivity contribution < 1.29 is 22.7 Å². The number of furan rings is 1. The lowest BCUT2D eigenvalue weighted by Crippen LogP contribution is -2.44. The number of benzene rings is 2. The maximum Gasteiger partial charge on any atom is 0.322 e. The van der Waals surface area contributed by atoms with Crippen LogP contribution in [0.25, 0.3) is 32.4 Å². The molecule has 0 unspecified atom stereocenters. The number of rotatable bonds is 6. The van der Waals surface area contributed by atoms with Crippen molar-refractivity contribution in [3.8, 4) is 10.4 Å². The van der Waals surface area contributed by atoms with Crippen molar-refractivity contribution in [1.29, 1.82) is 0 Å². The molecule has 0 saturated heterocycles. The fraction of sp³-hybridized carbons (Fsp3) is 0.200. The molecule has 2 N–H and O–H groups in total. The van der Waals surface area contributed by atoms with Crippen LogP contribution in [0.2, 0.25) is 4.47 Å². The van der Waals surface area contributed by atoms with E-state index in [0.717, 1.165) is 21.2 Å². The zero-order valence-corrected chi connectivity index (χ0v) is 18.3. The minimum absolute atomic E-state index is 0.0598. The second-order valence-electron chi connectivity index (χ2n) is 7.13. The molecule has 2 heterocycles. The zero-order chi connectivity index (χ0) is 21.6. The van der Waals surface area contributed by atoms with Crippen LogP contribution >= 0.6 is 22.9 Å². The highest BCUT2D eigenvalue weighted by Crippen LogP contribution is 2.35. The van der Waals surface area contributed by atoms with Crippen molar-refractivity contribution in [1.82, 2.24) is 9.71 Å². The Kier molecular flexibility index (Phi) is 5.31. The monoisotopic (exact) mass is 464 g/mol. The van der Waals surface area contributed by atoms with E-state index in [4.69, 9.17) is 16.0 Å². The maximum absolute atomic E-state index is 12.7. The summed E-state index contributed by atoms with van der Waals surface area (Å²) in [4.78, 5) is 16.2. The van der Waals surface area contributed by atoms with Crippen LogP contribution in [-0.4, -0.2) is 30.5 Å². The van der Waals surface area contributed by atoms with Crippen LogP contribution in [-0.2, 0) is 14.8 Å². The number of thiazole rings is 1. The average Bonchev–Trinajstić information content (AvgIpc) is 3.27. The number of carboxylic acid groups (broad SMARTS) is 1. The summed E-state index contributed by atoms with van der Waals surface area (Å²) in [5, 5.41) is 10.9. The summed E-state index contributed by atoms with van der Waals surface area (Å²) >= 11 is 7.26. The Labute approximate surface area is 181 Å². The van der Waals surface area contributed by atoms with E-state index >= 15 is 0 Å². The van der Waals surface area contributed by atoms with Crippen molar-refractivity contribution in [2.45, 2.75) is 24.8 Å². The van der Waals surface area contributed by atoms with Crippen molar-refractivity contribution in [2.24, 2.45) is 5.92 Å². The molecule has 0 amide bonds.